The molecule has 0 aromatic carbocycles. The van der Waals surface area contributed by atoms with Crippen molar-refractivity contribution in [2.75, 3.05) is 0 Å². The maximum Gasteiger partial charge on any atom is 0.250 e. The third-order valence-electron chi connectivity index (χ3n) is 1.64. The molecule has 60 valence electrons. The van der Waals surface area contributed by atoms with Gasteiger partial charge < -0.3 is 10.7 Å². The number of rotatable bonds is 1. The highest BCUT2D eigenvalue weighted by Crippen LogP contribution is 2.06. The molecular weight excluding hydrogens is 140 g/mol. The van der Waals surface area contributed by atoms with Gasteiger partial charge in [-0.1, -0.05) is 0 Å². The smallest absolute Gasteiger partial charge is 0.250 e. The number of H-pyrrole nitrogens is 1. The van der Waals surface area contributed by atoms with Crippen molar-refractivity contribution in [3.63, 3.8) is 0 Å². The summed E-state index contributed by atoms with van der Waals surface area (Å²) < 4.78 is 0. The van der Waals surface area contributed by atoms with Crippen LogP contribution >= 0.6 is 0 Å². The summed E-state index contributed by atoms with van der Waals surface area (Å²) in [6, 6.07) is 1.79. The maximum atomic E-state index is 10.9. The second-order valence-corrected chi connectivity index (χ2v) is 2.73. The number of hydrogen-bond acceptors (Lipinski definition) is 2. The predicted octanol–water partition coefficient (Wildman–Crippen LogP) is 0.703. The van der Waals surface area contributed by atoms with Crippen LogP contribution in [-0.4, -0.2) is 4.98 Å². The zero-order chi connectivity index (χ0) is 8.43. The SMILES string of the molecule is Cc1cc([C@H](C)N)c[nH]c1=O. The molecule has 3 N–H and O–H groups in total. The summed E-state index contributed by atoms with van der Waals surface area (Å²) in [5.74, 6) is 0. The van der Waals surface area contributed by atoms with Gasteiger partial charge in [0, 0.05) is 17.8 Å². The van der Waals surface area contributed by atoms with Crippen molar-refractivity contribution in [2.45, 2.75) is 19.9 Å². The van der Waals surface area contributed by atoms with E-state index in [4.69, 9.17) is 5.73 Å². The van der Waals surface area contributed by atoms with Gasteiger partial charge in [-0.15, -0.1) is 0 Å². The first-order valence-corrected chi connectivity index (χ1v) is 3.56. The Kier molecular flexibility index (Phi) is 2.10. The molecule has 1 rings (SSSR count). The maximum absolute atomic E-state index is 10.9. The van der Waals surface area contributed by atoms with Gasteiger partial charge in [0.15, 0.2) is 0 Å². The van der Waals surface area contributed by atoms with Crippen LogP contribution in [0.3, 0.4) is 0 Å². The quantitative estimate of drug-likeness (QED) is 0.622. The summed E-state index contributed by atoms with van der Waals surface area (Å²) in [6.07, 6.45) is 1.65. The molecule has 0 unspecified atom stereocenters. The van der Waals surface area contributed by atoms with Gasteiger partial charge in [0.25, 0.3) is 5.56 Å². The molecule has 0 spiro atoms. The van der Waals surface area contributed by atoms with E-state index in [9.17, 15) is 4.79 Å². The molecule has 0 radical (unpaired) electrons. The van der Waals surface area contributed by atoms with Gasteiger partial charge in [-0.3, -0.25) is 4.79 Å². The first kappa shape index (κ1) is 8.01. The Balaban J connectivity index is 3.15. The summed E-state index contributed by atoms with van der Waals surface area (Å²) >= 11 is 0. The molecule has 0 amide bonds. The molecule has 1 aromatic rings. The zero-order valence-electron chi connectivity index (χ0n) is 6.72. The minimum atomic E-state index is -0.0469. The molecule has 1 heterocycles. The molecule has 0 bridgehead atoms. The molecule has 0 aliphatic carbocycles. The molecule has 11 heavy (non-hydrogen) atoms. The van der Waals surface area contributed by atoms with E-state index in [1.807, 2.05) is 13.0 Å². The van der Waals surface area contributed by atoms with E-state index in [1.54, 1.807) is 13.1 Å². The van der Waals surface area contributed by atoms with Gasteiger partial charge in [0.2, 0.25) is 0 Å². The van der Waals surface area contributed by atoms with Gasteiger partial charge in [0.1, 0.15) is 0 Å². The highest BCUT2D eigenvalue weighted by atomic mass is 16.1. The van der Waals surface area contributed by atoms with Crippen LogP contribution in [0.2, 0.25) is 0 Å². The third kappa shape index (κ3) is 1.68. The number of aryl methyl sites for hydroxylation is 1. The standard InChI is InChI=1S/C8H12N2O/c1-5-3-7(6(2)9)4-10-8(5)11/h3-4,6H,9H2,1-2H3,(H,10,11)/t6-/m0/s1. The van der Waals surface area contributed by atoms with E-state index in [2.05, 4.69) is 4.98 Å². The Morgan fingerprint density at radius 3 is 2.73 bits per heavy atom. The lowest BCUT2D eigenvalue weighted by Gasteiger charge is -2.04. The second-order valence-electron chi connectivity index (χ2n) is 2.73. The first-order valence-electron chi connectivity index (χ1n) is 3.56. The summed E-state index contributed by atoms with van der Waals surface area (Å²) in [5, 5.41) is 0. The van der Waals surface area contributed by atoms with Crippen molar-refractivity contribution in [2.24, 2.45) is 5.73 Å². The fourth-order valence-electron chi connectivity index (χ4n) is 0.883. The van der Waals surface area contributed by atoms with Crippen LogP contribution in [0.5, 0.6) is 0 Å². The lowest BCUT2D eigenvalue weighted by molar-refractivity contribution is 0.807. The van der Waals surface area contributed by atoms with Crippen LogP contribution in [0.25, 0.3) is 0 Å². The topological polar surface area (TPSA) is 58.9 Å². The molecule has 3 heteroatoms. The van der Waals surface area contributed by atoms with Gasteiger partial charge in [-0.25, -0.2) is 0 Å². The second kappa shape index (κ2) is 2.88. The first-order chi connectivity index (χ1) is 5.11. The average Bonchev–Trinajstić information content (AvgIpc) is 1.94. The monoisotopic (exact) mass is 152 g/mol. The van der Waals surface area contributed by atoms with E-state index in [-0.39, 0.29) is 11.6 Å². The highest BCUT2D eigenvalue weighted by Gasteiger charge is 2.00. The van der Waals surface area contributed by atoms with Gasteiger partial charge in [-0.05, 0) is 25.5 Å². The minimum absolute atomic E-state index is 0.0226. The molecule has 0 saturated heterocycles. The number of nitrogens with two attached hydrogens (primary N) is 1. The van der Waals surface area contributed by atoms with Crippen LogP contribution in [0.15, 0.2) is 17.1 Å². The van der Waals surface area contributed by atoms with E-state index in [0.717, 1.165) is 5.56 Å². The fraction of sp³-hybridized carbons (Fsp3) is 0.375. The average molecular weight is 152 g/mol. The molecule has 0 fully saturated rings. The van der Waals surface area contributed by atoms with Crippen LogP contribution < -0.4 is 11.3 Å². The Hall–Kier alpha value is -1.09. The third-order valence-corrected chi connectivity index (χ3v) is 1.64. The number of aromatic amines is 1. The molecule has 0 aliphatic rings. The Morgan fingerprint density at radius 1 is 1.64 bits per heavy atom. The van der Waals surface area contributed by atoms with Gasteiger partial charge in [0.05, 0.1) is 0 Å². The Bertz CT molecular complexity index is 301. The lowest BCUT2D eigenvalue weighted by Crippen LogP contribution is -2.13. The van der Waals surface area contributed by atoms with E-state index >= 15 is 0 Å². The van der Waals surface area contributed by atoms with Crippen LogP contribution in [0.4, 0.5) is 0 Å². The molecule has 0 aliphatic heterocycles. The van der Waals surface area contributed by atoms with Gasteiger partial charge in [-0.2, -0.15) is 0 Å². The summed E-state index contributed by atoms with van der Waals surface area (Å²) in [4.78, 5) is 13.5. The molecule has 3 nitrogen and oxygen atoms in total. The van der Waals surface area contributed by atoms with Crippen molar-refractivity contribution >= 4 is 0 Å². The summed E-state index contributed by atoms with van der Waals surface area (Å²) in [5.41, 5.74) is 7.23. The normalized spacial score (nSPS) is 13.0. The van der Waals surface area contributed by atoms with E-state index in [1.165, 1.54) is 0 Å². The predicted molar refractivity (Wildman–Crippen MR) is 44.4 cm³/mol. The molecule has 1 atom stereocenters. The van der Waals surface area contributed by atoms with E-state index in [0.29, 0.717) is 5.56 Å². The van der Waals surface area contributed by atoms with Crippen molar-refractivity contribution in [3.8, 4) is 0 Å². The molecule has 1 aromatic heterocycles. The fourth-order valence-corrected chi connectivity index (χ4v) is 0.883. The number of nitrogens with one attached hydrogen (secondary N) is 1. The number of hydrogen-bond donors (Lipinski definition) is 2. The van der Waals surface area contributed by atoms with Crippen LogP contribution in [-0.2, 0) is 0 Å². The largest absolute Gasteiger partial charge is 0.329 e. The molecule has 0 saturated carbocycles. The van der Waals surface area contributed by atoms with Crippen molar-refractivity contribution in [1.29, 1.82) is 0 Å². The summed E-state index contributed by atoms with van der Waals surface area (Å²) in [7, 11) is 0. The highest BCUT2D eigenvalue weighted by molar-refractivity contribution is 5.19. The van der Waals surface area contributed by atoms with Crippen LogP contribution in [0, 0.1) is 6.92 Å². The van der Waals surface area contributed by atoms with E-state index < -0.39 is 0 Å². The van der Waals surface area contributed by atoms with Gasteiger partial charge >= 0.3 is 0 Å². The Morgan fingerprint density at radius 2 is 2.27 bits per heavy atom. The number of aromatic nitrogens is 1. The number of pyridine rings is 1. The molecular formula is C8H12N2O. The van der Waals surface area contributed by atoms with Crippen LogP contribution in [0.1, 0.15) is 24.1 Å². The Labute approximate surface area is 65.2 Å². The lowest BCUT2D eigenvalue weighted by atomic mass is 10.1. The van der Waals surface area contributed by atoms with Crippen molar-refractivity contribution in [3.05, 3.63) is 33.7 Å². The van der Waals surface area contributed by atoms with Crippen molar-refractivity contribution in [1.82, 2.24) is 4.98 Å². The summed E-state index contributed by atoms with van der Waals surface area (Å²) in [6.45, 7) is 3.65. The zero-order valence-corrected chi connectivity index (χ0v) is 6.72. The minimum Gasteiger partial charge on any atom is -0.329 e. The van der Waals surface area contributed by atoms with Crippen molar-refractivity contribution < 1.29 is 0 Å².